The Kier molecular flexibility index (Phi) is 4.32. The van der Waals surface area contributed by atoms with Gasteiger partial charge in [-0.2, -0.15) is 0 Å². The number of hydrogen-bond acceptors (Lipinski definition) is 2. The maximum absolute atomic E-state index is 6.59. The highest BCUT2D eigenvalue weighted by molar-refractivity contribution is 9.10. The molecule has 1 aliphatic carbocycles. The summed E-state index contributed by atoms with van der Waals surface area (Å²) in [7, 11) is 0. The molecule has 3 unspecified atom stereocenters. The van der Waals surface area contributed by atoms with Crippen LogP contribution in [0.3, 0.4) is 0 Å². The molecule has 3 atom stereocenters. The van der Waals surface area contributed by atoms with E-state index in [1.165, 1.54) is 19.3 Å². The average molecular weight is 347 g/mol. The van der Waals surface area contributed by atoms with Crippen molar-refractivity contribution in [3.05, 3.63) is 40.5 Å². The van der Waals surface area contributed by atoms with Crippen LogP contribution < -0.4 is 5.73 Å². The molecule has 1 heterocycles. The summed E-state index contributed by atoms with van der Waals surface area (Å²) >= 11 is 3.67. The third-order valence-corrected chi connectivity index (χ3v) is 5.38. The molecular formula is C18H23BrN2. The molecular weight excluding hydrogens is 324 g/mol. The topological polar surface area (TPSA) is 38.9 Å². The van der Waals surface area contributed by atoms with Gasteiger partial charge < -0.3 is 5.73 Å². The van der Waals surface area contributed by atoms with Crippen LogP contribution in [0.4, 0.5) is 0 Å². The number of fused-ring (bicyclic) bond motifs is 1. The number of rotatable bonds is 2. The number of para-hydroxylation sites is 1. The number of nitrogens with two attached hydrogens (primary N) is 1. The summed E-state index contributed by atoms with van der Waals surface area (Å²) in [6.07, 6.45) is 3.76. The lowest BCUT2D eigenvalue weighted by Gasteiger charge is -2.35. The number of aromatic nitrogens is 1. The number of halogens is 1. The number of nitrogens with zero attached hydrogens (tertiary/aromatic N) is 1. The van der Waals surface area contributed by atoms with Crippen LogP contribution in [0.25, 0.3) is 10.9 Å². The van der Waals surface area contributed by atoms with Crippen LogP contribution in [0.5, 0.6) is 0 Å². The predicted molar refractivity (Wildman–Crippen MR) is 92.0 cm³/mol. The first-order chi connectivity index (χ1) is 10.0. The van der Waals surface area contributed by atoms with E-state index in [4.69, 9.17) is 10.7 Å². The summed E-state index contributed by atoms with van der Waals surface area (Å²) in [5.41, 5.74) is 8.64. The van der Waals surface area contributed by atoms with Gasteiger partial charge in [0.1, 0.15) is 0 Å². The molecule has 1 aromatic heterocycles. The Bertz CT molecular complexity index is 630. The summed E-state index contributed by atoms with van der Waals surface area (Å²) in [4.78, 5) is 4.83. The van der Waals surface area contributed by atoms with E-state index in [9.17, 15) is 0 Å². The lowest BCUT2D eigenvalue weighted by molar-refractivity contribution is 0.192. The largest absolute Gasteiger partial charge is 0.322 e. The monoisotopic (exact) mass is 346 g/mol. The van der Waals surface area contributed by atoms with Crippen molar-refractivity contribution in [2.75, 3.05) is 0 Å². The normalized spacial score (nSPS) is 27.7. The number of pyridine rings is 1. The van der Waals surface area contributed by atoms with Gasteiger partial charge in [0.25, 0.3) is 0 Å². The first-order valence-electron chi connectivity index (χ1n) is 7.85. The van der Waals surface area contributed by atoms with Gasteiger partial charge in [-0.25, -0.2) is 4.98 Å². The maximum Gasteiger partial charge on any atom is 0.0723 e. The second kappa shape index (κ2) is 6.05. The first kappa shape index (κ1) is 15.0. The van der Waals surface area contributed by atoms with E-state index >= 15 is 0 Å². The van der Waals surface area contributed by atoms with Gasteiger partial charge in [-0.3, -0.25) is 0 Å². The summed E-state index contributed by atoms with van der Waals surface area (Å²) < 4.78 is 1.04. The Hall–Kier alpha value is -0.930. The van der Waals surface area contributed by atoms with Crippen molar-refractivity contribution in [3.8, 4) is 0 Å². The van der Waals surface area contributed by atoms with Gasteiger partial charge in [0, 0.05) is 9.86 Å². The molecule has 1 aromatic carbocycles. The van der Waals surface area contributed by atoms with Crippen LogP contribution in [0.2, 0.25) is 0 Å². The molecule has 0 aliphatic heterocycles. The lowest BCUT2D eigenvalue weighted by Crippen LogP contribution is -2.30. The zero-order valence-electron chi connectivity index (χ0n) is 12.7. The van der Waals surface area contributed by atoms with Gasteiger partial charge in [-0.15, -0.1) is 0 Å². The molecule has 2 aromatic rings. The molecule has 21 heavy (non-hydrogen) atoms. The molecule has 2 N–H and O–H groups in total. The van der Waals surface area contributed by atoms with Crippen molar-refractivity contribution in [1.82, 2.24) is 4.98 Å². The minimum Gasteiger partial charge on any atom is -0.322 e. The van der Waals surface area contributed by atoms with E-state index in [0.29, 0.717) is 5.92 Å². The van der Waals surface area contributed by atoms with Crippen molar-refractivity contribution in [3.63, 3.8) is 0 Å². The van der Waals surface area contributed by atoms with Gasteiger partial charge in [0.15, 0.2) is 0 Å². The fourth-order valence-corrected chi connectivity index (χ4v) is 4.46. The third kappa shape index (κ3) is 3.14. The van der Waals surface area contributed by atoms with E-state index < -0.39 is 0 Å². The number of hydrogen-bond donors (Lipinski definition) is 1. The Labute approximate surface area is 135 Å². The molecule has 0 amide bonds. The SMILES string of the molecule is CC1CC(C)CC(C(N)c2nc3ccccc3cc2Br)C1. The van der Waals surface area contributed by atoms with Gasteiger partial charge in [0.05, 0.1) is 17.3 Å². The van der Waals surface area contributed by atoms with Crippen molar-refractivity contribution in [1.29, 1.82) is 0 Å². The molecule has 0 spiro atoms. The Morgan fingerprint density at radius 1 is 1.14 bits per heavy atom. The summed E-state index contributed by atoms with van der Waals surface area (Å²) in [5, 5.41) is 1.16. The van der Waals surface area contributed by atoms with E-state index in [0.717, 1.165) is 32.9 Å². The highest BCUT2D eigenvalue weighted by Crippen LogP contribution is 2.40. The highest BCUT2D eigenvalue weighted by Gasteiger charge is 2.30. The minimum absolute atomic E-state index is 0.0224. The van der Waals surface area contributed by atoms with Gasteiger partial charge >= 0.3 is 0 Å². The van der Waals surface area contributed by atoms with E-state index in [-0.39, 0.29) is 6.04 Å². The molecule has 1 aliphatic rings. The summed E-state index contributed by atoms with van der Waals surface area (Å²) in [6.45, 7) is 4.69. The Morgan fingerprint density at radius 2 is 1.81 bits per heavy atom. The van der Waals surface area contributed by atoms with Gasteiger partial charge in [0.2, 0.25) is 0 Å². The van der Waals surface area contributed by atoms with Crippen LogP contribution in [0, 0.1) is 17.8 Å². The summed E-state index contributed by atoms with van der Waals surface area (Å²) in [6, 6.07) is 10.4. The second-order valence-corrected chi connectivity index (χ2v) is 7.61. The molecule has 0 bridgehead atoms. The molecule has 2 nitrogen and oxygen atoms in total. The molecule has 1 fully saturated rings. The Morgan fingerprint density at radius 3 is 2.52 bits per heavy atom. The molecule has 3 heteroatoms. The molecule has 0 saturated heterocycles. The van der Waals surface area contributed by atoms with E-state index in [1.807, 2.05) is 12.1 Å². The fraction of sp³-hybridized carbons (Fsp3) is 0.500. The van der Waals surface area contributed by atoms with Crippen LogP contribution in [0.15, 0.2) is 34.8 Å². The maximum atomic E-state index is 6.59. The van der Waals surface area contributed by atoms with E-state index in [1.54, 1.807) is 0 Å². The van der Waals surface area contributed by atoms with Crippen molar-refractivity contribution in [2.45, 2.75) is 39.2 Å². The third-order valence-electron chi connectivity index (χ3n) is 4.74. The van der Waals surface area contributed by atoms with Crippen molar-refractivity contribution < 1.29 is 0 Å². The average Bonchev–Trinajstić information content (AvgIpc) is 2.44. The van der Waals surface area contributed by atoms with Crippen LogP contribution >= 0.6 is 15.9 Å². The van der Waals surface area contributed by atoms with Crippen molar-refractivity contribution in [2.24, 2.45) is 23.5 Å². The Balaban J connectivity index is 1.93. The lowest BCUT2D eigenvalue weighted by atomic mass is 9.73. The predicted octanol–water partition coefficient (Wildman–Crippen LogP) is 5.07. The highest BCUT2D eigenvalue weighted by atomic mass is 79.9. The zero-order valence-corrected chi connectivity index (χ0v) is 14.3. The first-order valence-corrected chi connectivity index (χ1v) is 8.64. The molecule has 1 saturated carbocycles. The standard InChI is InChI=1S/C18H23BrN2/c1-11-7-12(2)9-14(8-11)17(20)18-15(19)10-13-5-3-4-6-16(13)21-18/h3-6,10-12,14,17H,7-9,20H2,1-2H3. The molecule has 112 valence electrons. The van der Waals surface area contributed by atoms with E-state index in [2.05, 4.69) is 48.0 Å². The fourth-order valence-electron chi connectivity index (χ4n) is 3.86. The quantitative estimate of drug-likeness (QED) is 0.824. The molecule has 3 rings (SSSR count). The van der Waals surface area contributed by atoms with Crippen LogP contribution in [0.1, 0.15) is 44.8 Å². The van der Waals surface area contributed by atoms with Gasteiger partial charge in [-0.1, -0.05) is 32.0 Å². The minimum atomic E-state index is 0.0224. The zero-order chi connectivity index (χ0) is 15.0. The number of benzene rings is 1. The second-order valence-electron chi connectivity index (χ2n) is 6.75. The molecule has 0 radical (unpaired) electrons. The van der Waals surface area contributed by atoms with Crippen LogP contribution in [-0.2, 0) is 0 Å². The van der Waals surface area contributed by atoms with Gasteiger partial charge in [-0.05, 0) is 65.1 Å². The summed E-state index contributed by atoms with van der Waals surface area (Å²) in [5.74, 6) is 2.07. The smallest absolute Gasteiger partial charge is 0.0723 e. The van der Waals surface area contributed by atoms with Crippen molar-refractivity contribution >= 4 is 26.8 Å². The van der Waals surface area contributed by atoms with Crippen LogP contribution in [-0.4, -0.2) is 4.98 Å².